The molecule has 2 aliphatic carbocycles. The molecule has 232 valence electrons. The third kappa shape index (κ3) is 6.22. The molecule has 0 aromatic heterocycles. The quantitative estimate of drug-likeness (QED) is 0.193. The summed E-state index contributed by atoms with van der Waals surface area (Å²) in [5.74, 6) is 1.33. The van der Waals surface area contributed by atoms with Gasteiger partial charge in [-0.05, 0) is 0 Å². The van der Waals surface area contributed by atoms with Crippen LogP contribution in [0.3, 0.4) is 0 Å². The molecule has 4 aromatic carbocycles. The second-order valence-electron chi connectivity index (χ2n) is 14.6. The second kappa shape index (κ2) is 13.4. The molecule has 3 heteroatoms. The van der Waals surface area contributed by atoms with Gasteiger partial charge in [0.1, 0.15) is 0 Å². The van der Waals surface area contributed by atoms with E-state index in [0.717, 1.165) is 0 Å². The van der Waals surface area contributed by atoms with Crippen molar-refractivity contribution < 1.29 is 41.4 Å². The standard InChI is InChI=1S/2C20H21.C2H4.2ClH.Ti/c2*1-14(2)11-16-12-18-5-4-6-19(20(18)13-16)17-9-7-15(3)8-10-17;1-2;;;/h2*4-10,12-14H,11H2,1-3H3;1-2H2;2*1H;/q;;;;;+2/p-2. The molecule has 0 spiro atoms. The number of benzene rings is 4. The van der Waals surface area contributed by atoms with E-state index in [1.54, 1.807) is 22.3 Å². The fourth-order valence-electron chi connectivity index (χ4n) is 8.44. The zero-order valence-corrected chi connectivity index (χ0v) is 30.7. The Morgan fingerprint density at radius 2 is 0.933 bits per heavy atom. The summed E-state index contributed by atoms with van der Waals surface area (Å²) in [5, 5.41) is 0. The van der Waals surface area contributed by atoms with Crippen LogP contribution >= 0.6 is 0 Å². The zero-order chi connectivity index (χ0) is 29.9. The van der Waals surface area contributed by atoms with Crippen LogP contribution in [0.2, 0.25) is 9.45 Å². The summed E-state index contributed by atoms with van der Waals surface area (Å²) in [4.78, 5) is 0. The van der Waals surface area contributed by atoms with Gasteiger partial charge in [-0.25, -0.2) is 0 Å². The summed E-state index contributed by atoms with van der Waals surface area (Å²) in [6.45, 7) is 14.0. The second-order valence-corrected chi connectivity index (χ2v) is 21.8. The first-order chi connectivity index (χ1) is 20.7. The maximum atomic E-state index is 2.66. The maximum absolute atomic E-state index is 2.66. The van der Waals surface area contributed by atoms with Crippen LogP contribution in [-0.4, -0.2) is 0 Å². The molecule has 0 radical (unpaired) electrons. The first-order valence-electron chi connectivity index (χ1n) is 16.6. The van der Waals surface area contributed by atoms with E-state index in [0.29, 0.717) is 20.3 Å². The van der Waals surface area contributed by atoms with Gasteiger partial charge in [0.25, 0.3) is 0 Å². The largest absolute Gasteiger partial charge is 1.00 e. The summed E-state index contributed by atoms with van der Waals surface area (Å²) in [7, 11) is 0. The van der Waals surface area contributed by atoms with Crippen molar-refractivity contribution in [2.75, 3.05) is 0 Å². The minimum Gasteiger partial charge on any atom is -1.00 e. The maximum Gasteiger partial charge on any atom is -1.00 e. The summed E-state index contributed by atoms with van der Waals surface area (Å²) in [6, 6.07) is 32.8. The normalized spacial score (nSPS) is 18.2. The molecule has 4 aromatic rings. The van der Waals surface area contributed by atoms with Crippen molar-refractivity contribution in [2.24, 2.45) is 11.8 Å². The van der Waals surface area contributed by atoms with Gasteiger partial charge < -0.3 is 24.8 Å². The molecule has 7 rings (SSSR count). The van der Waals surface area contributed by atoms with Gasteiger partial charge in [-0.1, -0.05) is 0 Å². The molecule has 3 aliphatic rings. The molecule has 45 heavy (non-hydrogen) atoms. The van der Waals surface area contributed by atoms with Gasteiger partial charge in [0, 0.05) is 0 Å². The fraction of sp³-hybridized carbons (Fsp3) is 0.333. The molecular weight excluding hydrogens is 623 g/mol. The zero-order valence-electron chi connectivity index (χ0n) is 27.6. The predicted molar refractivity (Wildman–Crippen MR) is 183 cm³/mol. The van der Waals surface area contributed by atoms with E-state index in [1.807, 2.05) is 0 Å². The number of halogens is 2. The van der Waals surface area contributed by atoms with Gasteiger partial charge in [-0.2, -0.15) is 0 Å². The molecule has 1 saturated heterocycles. The third-order valence-corrected chi connectivity index (χ3v) is 18.6. The number of rotatable bonds is 8. The van der Waals surface area contributed by atoms with Crippen molar-refractivity contribution in [2.45, 2.75) is 72.3 Å². The van der Waals surface area contributed by atoms with Crippen LogP contribution in [0.1, 0.15) is 82.4 Å². The molecule has 0 saturated carbocycles. The Bertz CT molecular complexity index is 1610. The monoisotopic (exact) mass is 668 g/mol. The minimum atomic E-state index is -2.45. The number of hydrogen-bond acceptors (Lipinski definition) is 0. The van der Waals surface area contributed by atoms with Crippen molar-refractivity contribution >= 4 is 12.2 Å². The van der Waals surface area contributed by atoms with Crippen molar-refractivity contribution in [1.29, 1.82) is 0 Å². The number of hydrogen-bond donors (Lipinski definition) is 0. The molecule has 1 aliphatic heterocycles. The van der Waals surface area contributed by atoms with Gasteiger partial charge in [0.05, 0.1) is 0 Å². The first-order valence-corrected chi connectivity index (χ1v) is 20.6. The molecule has 2 unspecified atom stereocenters. The Morgan fingerprint density at radius 3 is 1.27 bits per heavy atom. The van der Waals surface area contributed by atoms with E-state index in [9.17, 15) is 0 Å². The third-order valence-electron chi connectivity index (χ3n) is 10.3. The van der Waals surface area contributed by atoms with Crippen LogP contribution in [-0.2, 0) is 16.6 Å². The Hall–Kier alpha value is -2.35. The molecular formula is C42H46Cl2Ti. The molecule has 2 atom stereocenters. The average molecular weight is 670 g/mol. The van der Waals surface area contributed by atoms with Crippen LogP contribution in [0.5, 0.6) is 0 Å². The Kier molecular flexibility index (Phi) is 10.1. The minimum absolute atomic E-state index is 0. The van der Waals surface area contributed by atoms with Gasteiger partial charge in [0.2, 0.25) is 0 Å². The number of fused-ring (bicyclic) bond motifs is 2. The van der Waals surface area contributed by atoms with Crippen LogP contribution in [0.25, 0.3) is 34.4 Å². The Labute approximate surface area is 287 Å². The van der Waals surface area contributed by atoms with Crippen LogP contribution in [0, 0.1) is 25.7 Å². The number of allylic oxidation sites excluding steroid dienone is 2. The van der Waals surface area contributed by atoms with Crippen molar-refractivity contribution in [3.8, 4) is 22.3 Å². The first kappa shape index (κ1) is 34.0. The van der Waals surface area contributed by atoms with E-state index in [2.05, 4.69) is 139 Å². The SMILES string of the molecule is Cc1ccc(-c2cccc3c2C=C(CC(C)C)[CH]3[Ti+2]2([CH]3C(CC(C)C)=Cc4c(-c5ccc(C)cc5)cccc43)[CH2][CH2]2)cc1.[Cl-].[Cl-]. The van der Waals surface area contributed by atoms with E-state index in [4.69, 9.17) is 0 Å². The molecule has 1 heterocycles. The van der Waals surface area contributed by atoms with E-state index < -0.39 is 16.6 Å². The van der Waals surface area contributed by atoms with Gasteiger partial charge in [0.15, 0.2) is 0 Å². The van der Waals surface area contributed by atoms with Crippen LogP contribution < -0.4 is 24.8 Å². The fourth-order valence-corrected chi connectivity index (χ4v) is 18.7. The summed E-state index contributed by atoms with van der Waals surface area (Å²) >= 11 is -2.45. The Morgan fingerprint density at radius 1 is 0.556 bits per heavy atom. The average Bonchev–Trinajstić information content (AvgIpc) is 3.53. The van der Waals surface area contributed by atoms with Crippen LogP contribution in [0.4, 0.5) is 0 Å². The van der Waals surface area contributed by atoms with Crippen molar-refractivity contribution in [3.63, 3.8) is 0 Å². The van der Waals surface area contributed by atoms with E-state index in [1.165, 1.54) is 66.8 Å². The summed E-state index contributed by atoms with van der Waals surface area (Å²) in [6.07, 6.45) is 7.74. The van der Waals surface area contributed by atoms with Gasteiger partial charge in [-0.3, -0.25) is 0 Å². The predicted octanol–water partition coefficient (Wildman–Crippen LogP) is 6.32. The van der Waals surface area contributed by atoms with E-state index in [-0.39, 0.29) is 24.8 Å². The van der Waals surface area contributed by atoms with Gasteiger partial charge >= 0.3 is 265 Å². The van der Waals surface area contributed by atoms with E-state index >= 15 is 0 Å². The molecule has 0 N–H and O–H groups in total. The van der Waals surface area contributed by atoms with Crippen LogP contribution in [0.15, 0.2) is 96.1 Å². The molecule has 0 amide bonds. The van der Waals surface area contributed by atoms with Crippen molar-refractivity contribution in [3.05, 3.63) is 129 Å². The topological polar surface area (TPSA) is 0 Å². The molecule has 0 bridgehead atoms. The Balaban J connectivity index is 0.00000200. The van der Waals surface area contributed by atoms with Crippen molar-refractivity contribution in [1.82, 2.24) is 0 Å². The summed E-state index contributed by atoms with van der Waals surface area (Å²) in [5.41, 5.74) is 18.0. The number of aryl methyl sites for hydroxylation is 2. The molecule has 0 nitrogen and oxygen atoms in total. The summed E-state index contributed by atoms with van der Waals surface area (Å²) < 4.78 is 4.31. The van der Waals surface area contributed by atoms with Gasteiger partial charge in [-0.15, -0.1) is 0 Å². The molecule has 1 fully saturated rings. The smallest absolute Gasteiger partial charge is 1.00 e.